The third kappa shape index (κ3) is 5.86. The van der Waals surface area contributed by atoms with Crippen LogP contribution >= 0.6 is 55.2 Å². The van der Waals surface area contributed by atoms with Crippen LogP contribution in [0.1, 0.15) is 27.0 Å². The van der Waals surface area contributed by atoms with Crippen LogP contribution in [0.5, 0.6) is 5.75 Å². The molecule has 0 atom stereocenters. The first kappa shape index (κ1) is 26.5. The number of carboxylic acids is 1. The van der Waals surface area contributed by atoms with Gasteiger partial charge < -0.3 is 9.84 Å². The van der Waals surface area contributed by atoms with Crippen LogP contribution < -0.4 is 4.74 Å². The predicted octanol–water partition coefficient (Wildman–Crippen LogP) is 7.68. The molecule has 1 heterocycles. The number of ether oxygens (including phenoxy) is 1. The molecule has 0 bridgehead atoms. The van der Waals surface area contributed by atoms with E-state index in [4.69, 9.17) is 16.3 Å². The number of aromatic carboxylic acids is 1. The minimum absolute atomic E-state index is 0.173. The van der Waals surface area contributed by atoms with Crippen LogP contribution in [-0.4, -0.2) is 34.1 Å². The van der Waals surface area contributed by atoms with Gasteiger partial charge in [-0.05, 0) is 93.8 Å². The third-order valence-corrected chi connectivity index (χ3v) is 7.83. The van der Waals surface area contributed by atoms with Crippen LogP contribution in [0.25, 0.3) is 6.08 Å². The van der Waals surface area contributed by atoms with E-state index < -0.39 is 5.97 Å². The quantitative estimate of drug-likeness (QED) is 0.277. The maximum atomic E-state index is 12.9. The van der Waals surface area contributed by atoms with Crippen molar-refractivity contribution in [1.82, 2.24) is 4.90 Å². The summed E-state index contributed by atoms with van der Waals surface area (Å²) in [5.41, 5.74) is 2.92. The number of rotatable bonds is 6. The molecule has 1 fully saturated rings. The van der Waals surface area contributed by atoms with Gasteiger partial charge in [0, 0.05) is 11.5 Å². The van der Waals surface area contributed by atoms with E-state index in [1.165, 1.54) is 22.7 Å². The zero-order valence-corrected chi connectivity index (χ0v) is 23.8. The van der Waals surface area contributed by atoms with Crippen molar-refractivity contribution in [3.05, 3.63) is 95.7 Å². The highest BCUT2D eigenvalue weighted by molar-refractivity contribution is 9.10. The van der Waals surface area contributed by atoms with Crippen LogP contribution in [-0.2, 0) is 11.4 Å². The number of carbonyl (C=O) groups is 2. The molecule has 1 aliphatic heterocycles. The molecule has 184 valence electrons. The third-order valence-electron chi connectivity index (χ3n) is 5.37. The van der Waals surface area contributed by atoms with Gasteiger partial charge in [0.1, 0.15) is 6.61 Å². The number of hydrogen-bond donors (Lipinski definition) is 1. The van der Waals surface area contributed by atoms with Crippen LogP contribution in [0.4, 0.5) is 5.69 Å². The minimum Gasteiger partial charge on any atom is -0.486 e. The van der Waals surface area contributed by atoms with Gasteiger partial charge in [0.25, 0.3) is 5.91 Å². The van der Waals surface area contributed by atoms with Crippen LogP contribution in [0.3, 0.4) is 0 Å². The summed E-state index contributed by atoms with van der Waals surface area (Å²) in [5.74, 6) is -0.723. The number of benzene rings is 3. The lowest BCUT2D eigenvalue weighted by Gasteiger charge is -2.11. The summed E-state index contributed by atoms with van der Waals surface area (Å²) in [6, 6.07) is 16.3. The normalized spacial score (nSPS) is 15.7. The summed E-state index contributed by atoms with van der Waals surface area (Å²) < 4.78 is 7.58. The fraction of sp³-hybridized carbons (Fsp3) is 0.115. The van der Waals surface area contributed by atoms with Crippen LogP contribution in [0.15, 0.2) is 73.4 Å². The van der Waals surface area contributed by atoms with Crippen molar-refractivity contribution < 1.29 is 19.4 Å². The first-order valence-electron chi connectivity index (χ1n) is 10.6. The zero-order valence-electron chi connectivity index (χ0n) is 19.1. The topological polar surface area (TPSA) is 79.2 Å². The highest BCUT2D eigenvalue weighted by Gasteiger charge is 2.30. The van der Waals surface area contributed by atoms with Gasteiger partial charge in [-0.2, -0.15) is 0 Å². The first-order chi connectivity index (χ1) is 17.1. The molecule has 1 saturated heterocycles. The molecular weight excluding hydrogens is 632 g/mol. The summed E-state index contributed by atoms with van der Waals surface area (Å²) in [6.45, 7) is 2.05. The van der Waals surface area contributed by atoms with Crippen molar-refractivity contribution in [2.75, 3.05) is 7.05 Å². The molecule has 3 aromatic rings. The SMILES string of the molecule is Cc1c(N=C2S/C(=C\c3cc(Cl)c(OCc4ccc(Br)cc4)c(Br)c3)C(=O)N2C)cccc1C(=O)O. The Kier molecular flexibility index (Phi) is 8.24. The average molecular weight is 651 g/mol. The molecule has 6 nitrogen and oxygen atoms in total. The molecule has 10 heteroatoms. The van der Waals surface area contributed by atoms with E-state index in [-0.39, 0.29) is 11.5 Å². The molecule has 1 aliphatic rings. The molecule has 0 aromatic heterocycles. The molecule has 4 rings (SSSR count). The van der Waals surface area contributed by atoms with Gasteiger partial charge in [0.2, 0.25) is 0 Å². The Labute approximate surface area is 234 Å². The smallest absolute Gasteiger partial charge is 0.336 e. The lowest BCUT2D eigenvalue weighted by Crippen LogP contribution is -2.23. The van der Waals surface area contributed by atoms with E-state index >= 15 is 0 Å². The molecule has 0 spiro atoms. The monoisotopic (exact) mass is 648 g/mol. The standard InChI is InChI=1S/C26H19Br2ClN2O4S/c1-14-18(25(33)34)4-3-5-21(14)30-26-31(2)24(32)22(36-26)12-16-10-19(28)23(20(29)11-16)35-13-15-6-8-17(27)9-7-15/h3-12H,13H2,1-2H3,(H,33,34)/b22-12-,30-26?. The number of halogens is 3. The van der Waals surface area contributed by atoms with Crippen molar-refractivity contribution in [2.24, 2.45) is 4.99 Å². The number of thioether (sulfide) groups is 1. The molecule has 0 saturated carbocycles. The van der Waals surface area contributed by atoms with Crippen molar-refractivity contribution in [3.63, 3.8) is 0 Å². The highest BCUT2D eigenvalue weighted by atomic mass is 79.9. The number of carbonyl (C=O) groups excluding carboxylic acids is 1. The fourth-order valence-electron chi connectivity index (χ4n) is 3.42. The Balaban J connectivity index is 1.56. The van der Waals surface area contributed by atoms with Gasteiger partial charge in [0.05, 0.1) is 25.7 Å². The number of aliphatic imine (C=N–C) groups is 1. The molecule has 3 aromatic carbocycles. The van der Waals surface area contributed by atoms with Gasteiger partial charge in [-0.15, -0.1) is 0 Å². The summed E-state index contributed by atoms with van der Waals surface area (Å²) in [4.78, 5) is 30.8. The van der Waals surface area contributed by atoms with Crippen LogP contribution in [0, 0.1) is 6.92 Å². The van der Waals surface area contributed by atoms with E-state index in [1.54, 1.807) is 38.2 Å². The Morgan fingerprint density at radius 2 is 1.92 bits per heavy atom. The van der Waals surface area contributed by atoms with Crippen molar-refractivity contribution in [1.29, 1.82) is 0 Å². The summed E-state index contributed by atoms with van der Waals surface area (Å²) in [6.07, 6.45) is 1.74. The van der Waals surface area contributed by atoms with E-state index in [1.807, 2.05) is 30.3 Å². The Morgan fingerprint density at radius 1 is 1.19 bits per heavy atom. The molecule has 1 N–H and O–H groups in total. The van der Waals surface area contributed by atoms with E-state index in [9.17, 15) is 14.7 Å². The zero-order chi connectivity index (χ0) is 26.0. The van der Waals surface area contributed by atoms with E-state index in [0.29, 0.717) is 43.2 Å². The van der Waals surface area contributed by atoms with Gasteiger partial charge in [0.15, 0.2) is 10.9 Å². The molecule has 0 aliphatic carbocycles. The first-order valence-corrected chi connectivity index (χ1v) is 13.4. The maximum absolute atomic E-state index is 12.9. The van der Waals surface area contributed by atoms with E-state index in [2.05, 4.69) is 36.9 Å². The van der Waals surface area contributed by atoms with Crippen molar-refractivity contribution in [2.45, 2.75) is 13.5 Å². The van der Waals surface area contributed by atoms with Gasteiger partial charge >= 0.3 is 5.97 Å². The second-order valence-electron chi connectivity index (χ2n) is 7.85. The van der Waals surface area contributed by atoms with Crippen molar-refractivity contribution >= 4 is 84.0 Å². The number of nitrogens with zero attached hydrogens (tertiary/aromatic N) is 2. The van der Waals surface area contributed by atoms with Gasteiger partial charge in [-0.25, -0.2) is 9.79 Å². The summed E-state index contributed by atoms with van der Waals surface area (Å²) in [7, 11) is 1.63. The Morgan fingerprint density at radius 3 is 2.58 bits per heavy atom. The lowest BCUT2D eigenvalue weighted by atomic mass is 10.1. The predicted molar refractivity (Wildman–Crippen MR) is 151 cm³/mol. The lowest BCUT2D eigenvalue weighted by molar-refractivity contribution is -0.121. The average Bonchev–Trinajstić information content (AvgIpc) is 3.08. The molecule has 0 unspecified atom stereocenters. The van der Waals surface area contributed by atoms with Gasteiger partial charge in [-0.1, -0.05) is 45.7 Å². The fourth-order valence-corrected chi connectivity index (χ4v) is 5.65. The van der Waals surface area contributed by atoms with E-state index in [0.717, 1.165) is 15.6 Å². The highest BCUT2D eigenvalue weighted by Crippen LogP contribution is 2.38. The summed E-state index contributed by atoms with van der Waals surface area (Å²) in [5, 5.41) is 10.2. The van der Waals surface area contributed by atoms with Gasteiger partial charge in [-0.3, -0.25) is 9.69 Å². The molecular formula is C26H19Br2ClN2O4S. The second kappa shape index (κ2) is 11.2. The van der Waals surface area contributed by atoms with Crippen LogP contribution in [0.2, 0.25) is 5.02 Å². The summed E-state index contributed by atoms with van der Waals surface area (Å²) >= 11 is 14.7. The largest absolute Gasteiger partial charge is 0.486 e. The maximum Gasteiger partial charge on any atom is 0.336 e. The molecule has 0 radical (unpaired) electrons. The number of amides is 1. The Hall–Kier alpha value is -2.59. The number of hydrogen-bond acceptors (Lipinski definition) is 5. The minimum atomic E-state index is -1.02. The number of likely N-dealkylation sites (N-methyl/N-ethyl adjacent to an activating group) is 1. The number of amidine groups is 1. The molecule has 36 heavy (non-hydrogen) atoms. The second-order valence-corrected chi connectivity index (χ2v) is 11.0. The molecule has 1 amide bonds. The Bertz CT molecular complexity index is 1400. The van der Waals surface area contributed by atoms with Crippen molar-refractivity contribution in [3.8, 4) is 5.75 Å². The number of carboxylic acid groups (broad SMARTS) is 1.